The number of benzene rings is 2. The normalized spacial score (nSPS) is 11.9. The molecule has 2 aromatic carbocycles. The van der Waals surface area contributed by atoms with Gasteiger partial charge in [0.1, 0.15) is 5.75 Å². The molecular weight excluding hydrogens is 342 g/mol. The Hall–Kier alpha value is -3.15. The average molecular weight is 365 g/mol. The number of nitrogens with one attached hydrogen (secondary N) is 1. The SMILES string of the molecule is Cc1ccc(-c2noc(CNC(=O)C(C)Oc3ccc(C)c(C)c3)n2)cc1. The molecule has 1 atom stereocenters. The first kappa shape index (κ1) is 18.6. The zero-order valence-electron chi connectivity index (χ0n) is 15.9. The maximum absolute atomic E-state index is 12.3. The Morgan fingerprint density at radius 3 is 2.56 bits per heavy atom. The van der Waals surface area contributed by atoms with Crippen molar-refractivity contribution in [1.82, 2.24) is 15.5 Å². The van der Waals surface area contributed by atoms with Gasteiger partial charge < -0.3 is 14.6 Å². The van der Waals surface area contributed by atoms with E-state index in [4.69, 9.17) is 9.26 Å². The van der Waals surface area contributed by atoms with Crippen molar-refractivity contribution < 1.29 is 14.1 Å². The lowest BCUT2D eigenvalue weighted by molar-refractivity contribution is -0.127. The number of rotatable bonds is 6. The van der Waals surface area contributed by atoms with Crippen LogP contribution >= 0.6 is 0 Å². The number of aryl methyl sites for hydroxylation is 3. The monoisotopic (exact) mass is 365 g/mol. The number of amides is 1. The van der Waals surface area contributed by atoms with Crippen molar-refractivity contribution in [2.75, 3.05) is 0 Å². The maximum Gasteiger partial charge on any atom is 0.261 e. The highest BCUT2D eigenvalue weighted by Crippen LogP contribution is 2.18. The summed E-state index contributed by atoms with van der Waals surface area (Å²) in [6, 6.07) is 13.6. The fourth-order valence-electron chi connectivity index (χ4n) is 2.50. The van der Waals surface area contributed by atoms with Crippen molar-refractivity contribution in [3.8, 4) is 17.1 Å². The van der Waals surface area contributed by atoms with Crippen LogP contribution in [-0.2, 0) is 11.3 Å². The number of ether oxygens (including phenoxy) is 1. The topological polar surface area (TPSA) is 77.2 Å². The van der Waals surface area contributed by atoms with Gasteiger partial charge in [-0.05, 0) is 51.0 Å². The summed E-state index contributed by atoms with van der Waals surface area (Å²) in [6.07, 6.45) is -0.633. The Balaban J connectivity index is 1.55. The Morgan fingerprint density at radius 1 is 1.11 bits per heavy atom. The molecule has 0 aliphatic carbocycles. The van der Waals surface area contributed by atoms with Crippen LogP contribution in [0.15, 0.2) is 47.0 Å². The van der Waals surface area contributed by atoms with E-state index in [-0.39, 0.29) is 12.5 Å². The molecule has 1 amide bonds. The molecule has 0 aliphatic heterocycles. The lowest BCUT2D eigenvalue weighted by atomic mass is 10.1. The summed E-state index contributed by atoms with van der Waals surface area (Å²) in [5.74, 6) is 1.26. The molecule has 0 spiro atoms. The molecule has 0 fully saturated rings. The lowest BCUT2D eigenvalue weighted by Crippen LogP contribution is -2.36. The highest BCUT2D eigenvalue weighted by Gasteiger charge is 2.16. The fourth-order valence-corrected chi connectivity index (χ4v) is 2.50. The Labute approximate surface area is 158 Å². The minimum absolute atomic E-state index is 0.151. The first-order valence-electron chi connectivity index (χ1n) is 8.83. The largest absolute Gasteiger partial charge is 0.481 e. The second kappa shape index (κ2) is 8.03. The molecule has 1 unspecified atom stereocenters. The summed E-state index contributed by atoms with van der Waals surface area (Å²) >= 11 is 0. The first-order chi connectivity index (χ1) is 12.9. The van der Waals surface area contributed by atoms with Crippen LogP contribution in [0.5, 0.6) is 5.75 Å². The van der Waals surface area contributed by atoms with Crippen LogP contribution in [0.1, 0.15) is 29.5 Å². The highest BCUT2D eigenvalue weighted by atomic mass is 16.5. The van der Waals surface area contributed by atoms with Crippen molar-refractivity contribution in [3.05, 3.63) is 65.0 Å². The van der Waals surface area contributed by atoms with Gasteiger partial charge in [-0.2, -0.15) is 4.98 Å². The standard InChI is InChI=1S/C21H23N3O3/c1-13-5-8-17(9-6-13)20-23-19(27-24-20)12-22-21(25)16(4)26-18-10-7-14(2)15(3)11-18/h5-11,16H,12H2,1-4H3,(H,22,25). The summed E-state index contributed by atoms with van der Waals surface area (Å²) in [5.41, 5.74) is 4.33. The third-order valence-electron chi connectivity index (χ3n) is 4.35. The maximum atomic E-state index is 12.3. The predicted octanol–water partition coefficient (Wildman–Crippen LogP) is 3.75. The van der Waals surface area contributed by atoms with Gasteiger partial charge in [0.2, 0.25) is 11.7 Å². The van der Waals surface area contributed by atoms with Crippen molar-refractivity contribution in [3.63, 3.8) is 0 Å². The van der Waals surface area contributed by atoms with E-state index in [1.54, 1.807) is 6.92 Å². The van der Waals surface area contributed by atoms with Gasteiger partial charge in [0, 0.05) is 5.56 Å². The summed E-state index contributed by atoms with van der Waals surface area (Å²) in [4.78, 5) is 16.6. The van der Waals surface area contributed by atoms with E-state index in [0.717, 1.165) is 16.7 Å². The second-order valence-corrected chi connectivity index (χ2v) is 6.60. The fraction of sp³-hybridized carbons (Fsp3) is 0.286. The van der Waals surface area contributed by atoms with Crippen LogP contribution in [0.3, 0.4) is 0 Å². The Kier molecular flexibility index (Phi) is 5.54. The molecule has 0 saturated carbocycles. The van der Waals surface area contributed by atoms with Crippen LogP contribution < -0.4 is 10.1 Å². The minimum Gasteiger partial charge on any atom is -0.481 e. The summed E-state index contributed by atoms with van der Waals surface area (Å²) in [6.45, 7) is 7.91. The molecule has 3 aromatic rings. The molecule has 3 rings (SSSR count). The number of carbonyl (C=O) groups excluding carboxylic acids is 1. The van der Waals surface area contributed by atoms with Crippen molar-refractivity contribution >= 4 is 5.91 Å². The molecule has 1 heterocycles. The van der Waals surface area contributed by atoms with Crippen molar-refractivity contribution in [1.29, 1.82) is 0 Å². The van der Waals surface area contributed by atoms with Crippen LogP contribution in [0.2, 0.25) is 0 Å². The summed E-state index contributed by atoms with van der Waals surface area (Å²) in [7, 11) is 0. The van der Waals surface area contributed by atoms with E-state index in [9.17, 15) is 4.79 Å². The Morgan fingerprint density at radius 2 is 1.85 bits per heavy atom. The van der Waals surface area contributed by atoms with Gasteiger partial charge in [-0.15, -0.1) is 0 Å². The molecule has 0 radical (unpaired) electrons. The molecule has 0 aliphatic rings. The van der Waals surface area contributed by atoms with Gasteiger partial charge >= 0.3 is 0 Å². The second-order valence-electron chi connectivity index (χ2n) is 6.60. The van der Waals surface area contributed by atoms with E-state index in [0.29, 0.717) is 17.5 Å². The van der Waals surface area contributed by atoms with E-state index in [2.05, 4.69) is 15.5 Å². The zero-order chi connectivity index (χ0) is 19.4. The van der Waals surface area contributed by atoms with E-state index >= 15 is 0 Å². The van der Waals surface area contributed by atoms with E-state index in [1.165, 1.54) is 5.56 Å². The number of carbonyl (C=O) groups is 1. The third kappa shape index (κ3) is 4.73. The molecule has 140 valence electrons. The highest BCUT2D eigenvalue weighted by molar-refractivity contribution is 5.80. The van der Waals surface area contributed by atoms with Gasteiger partial charge in [0.25, 0.3) is 5.91 Å². The van der Waals surface area contributed by atoms with Crippen LogP contribution in [-0.4, -0.2) is 22.2 Å². The number of nitrogens with zero attached hydrogens (tertiary/aromatic N) is 2. The minimum atomic E-state index is -0.633. The predicted molar refractivity (Wildman–Crippen MR) is 102 cm³/mol. The van der Waals surface area contributed by atoms with Gasteiger partial charge in [0.05, 0.1) is 6.54 Å². The molecule has 0 saturated heterocycles. The Bertz CT molecular complexity index is 932. The van der Waals surface area contributed by atoms with Crippen molar-refractivity contribution in [2.24, 2.45) is 0 Å². The molecule has 27 heavy (non-hydrogen) atoms. The number of hydrogen-bond acceptors (Lipinski definition) is 5. The van der Waals surface area contributed by atoms with Crippen molar-refractivity contribution in [2.45, 2.75) is 40.3 Å². The van der Waals surface area contributed by atoms with Crippen LogP contribution in [0.25, 0.3) is 11.4 Å². The summed E-state index contributed by atoms with van der Waals surface area (Å²) < 4.78 is 10.9. The smallest absolute Gasteiger partial charge is 0.261 e. The summed E-state index contributed by atoms with van der Waals surface area (Å²) in [5, 5.41) is 6.71. The molecular formula is C21H23N3O3. The van der Waals surface area contributed by atoms with E-state index < -0.39 is 6.10 Å². The van der Waals surface area contributed by atoms with Gasteiger partial charge in [-0.1, -0.05) is 41.1 Å². The molecule has 1 aromatic heterocycles. The lowest BCUT2D eigenvalue weighted by Gasteiger charge is -2.15. The third-order valence-corrected chi connectivity index (χ3v) is 4.35. The van der Waals surface area contributed by atoms with Gasteiger partial charge in [0.15, 0.2) is 6.10 Å². The van der Waals surface area contributed by atoms with Gasteiger partial charge in [-0.25, -0.2) is 0 Å². The van der Waals surface area contributed by atoms with E-state index in [1.807, 2.05) is 63.2 Å². The molecule has 6 heteroatoms. The zero-order valence-corrected chi connectivity index (χ0v) is 15.9. The van der Waals surface area contributed by atoms with Crippen LogP contribution in [0, 0.1) is 20.8 Å². The van der Waals surface area contributed by atoms with Crippen LogP contribution in [0.4, 0.5) is 0 Å². The molecule has 6 nitrogen and oxygen atoms in total. The first-order valence-corrected chi connectivity index (χ1v) is 8.83. The molecule has 1 N–H and O–H groups in total. The number of hydrogen-bond donors (Lipinski definition) is 1. The average Bonchev–Trinajstić information content (AvgIpc) is 3.12. The quantitative estimate of drug-likeness (QED) is 0.720. The number of aromatic nitrogens is 2. The van der Waals surface area contributed by atoms with Gasteiger partial charge in [-0.3, -0.25) is 4.79 Å². The molecule has 0 bridgehead atoms.